The maximum Gasteiger partial charge on any atom is 0.273 e. The zero-order valence-electron chi connectivity index (χ0n) is 10.8. The maximum absolute atomic E-state index is 11.9. The van der Waals surface area contributed by atoms with Crippen molar-refractivity contribution in [2.45, 2.75) is 6.54 Å². The van der Waals surface area contributed by atoms with Crippen LogP contribution < -0.4 is 10.6 Å². The number of hydrogen-bond acceptors (Lipinski definition) is 5. The Morgan fingerprint density at radius 2 is 2.40 bits per heavy atom. The van der Waals surface area contributed by atoms with Crippen molar-refractivity contribution in [1.29, 1.82) is 0 Å². The predicted molar refractivity (Wildman–Crippen MR) is 79.4 cm³/mol. The summed E-state index contributed by atoms with van der Waals surface area (Å²) < 4.78 is 1.69. The van der Waals surface area contributed by atoms with Crippen LogP contribution in [0.2, 0.25) is 0 Å². The highest BCUT2D eigenvalue weighted by Gasteiger charge is 2.18. The first kappa shape index (κ1) is 15.0. The lowest BCUT2D eigenvalue weighted by atomic mass is 10.0. The van der Waals surface area contributed by atoms with E-state index in [1.807, 2.05) is 17.5 Å². The van der Waals surface area contributed by atoms with Gasteiger partial charge in [-0.1, -0.05) is 11.3 Å². The second-order valence-corrected chi connectivity index (χ2v) is 5.65. The van der Waals surface area contributed by atoms with E-state index in [0.29, 0.717) is 24.7 Å². The summed E-state index contributed by atoms with van der Waals surface area (Å²) in [5.74, 6) is 0.398. The third-order valence-electron chi connectivity index (χ3n) is 3.09. The van der Waals surface area contributed by atoms with E-state index in [1.54, 1.807) is 22.2 Å². The maximum atomic E-state index is 11.9. The topological polar surface area (TPSA) is 71.8 Å². The van der Waals surface area contributed by atoms with Gasteiger partial charge in [0.15, 0.2) is 5.69 Å². The molecule has 108 valence electrons. The van der Waals surface area contributed by atoms with Crippen LogP contribution in [0, 0.1) is 5.92 Å². The first-order valence-electron chi connectivity index (χ1n) is 6.22. The summed E-state index contributed by atoms with van der Waals surface area (Å²) >= 11 is 1.66. The van der Waals surface area contributed by atoms with E-state index in [4.69, 9.17) is 0 Å². The van der Waals surface area contributed by atoms with Crippen LogP contribution in [0.1, 0.15) is 15.4 Å². The van der Waals surface area contributed by atoms with Crippen LogP contribution in [0.5, 0.6) is 0 Å². The second-order valence-electron chi connectivity index (χ2n) is 4.62. The van der Waals surface area contributed by atoms with Crippen molar-refractivity contribution in [3.05, 3.63) is 34.3 Å². The Kier molecular flexibility index (Phi) is 5.11. The molecule has 0 aromatic carbocycles. The Balaban J connectivity index is 0.00000147. The normalized spacial score (nSPS) is 14.4. The molecule has 1 aliphatic rings. The predicted octanol–water partition coefficient (Wildman–Crippen LogP) is 0.759. The van der Waals surface area contributed by atoms with Crippen LogP contribution in [0.15, 0.2) is 23.7 Å². The molecule has 1 fully saturated rings. The van der Waals surface area contributed by atoms with Crippen molar-refractivity contribution in [2.24, 2.45) is 5.92 Å². The van der Waals surface area contributed by atoms with Gasteiger partial charge in [0.2, 0.25) is 0 Å². The van der Waals surface area contributed by atoms with Crippen LogP contribution >= 0.6 is 23.7 Å². The Bertz CT molecular complexity index is 552. The summed E-state index contributed by atoms with van der Waals surface area (Å²) in [5, 5.41) is 16.0. The lowest BCUT2D eigenvalue weighted by Gasteiger charge is -2.26. The molecular formula is C12H16ClN5OS. The molecule has 20 heavy (non-hydrogen) atoms. The van der Waals surface area contributed by atoms with Crippen molar-refractivity contribution in [2.75, 3.05) is 19.6 Å². The molecule has 1 amide bonds. The molecule has 1 aliphatic heterocycles. The number of halogens is 1. The summed E-state index contributed by atoms with van der Waals surface area (Å²) in [5.41, 5.74) is 0.379. The number of aromatic nitrogens is 3. The minimum Gasteiger partial charge on any atom is -0.350 e. The van der Waals surface area contributed by atoms with E-state index in [-0.39, 0.29) is 18.3 Å². The first-order valence-corrected chi connectivity index (χ1v) is 7.10. The second kappa shape index (κ2) is 6.83. The Morgan fingerprint density at radius 1 is 1.55 bits per heavy atom. The van der Waals surface area contributed by atoms with Gasteiger partial charge in [-0.2, -0.15) is 0 Å². The summed E-state index contributed by atoms with van der Waals surface area (Å²) in [6.07, 6.45) is 1.69. The highest BCUT2D eigenvalue weighted by molar-refractivity contribution is 7.09. The van der Waals surface area contributed by atoms with E-state index >= 15 is 0 Å². The van der Waals surface area contributed by atoms with Crippen LogP contribution in [0.25, 0.3) is 0 Å². The molecule has 1 saturated heterocycles. The fourth-order valence-corrected chi connectivity index (χ4v) is 2.56. The van der Waals surface area contributed by atoms with Gasteiger partial charge in [-0.15, -0.1) is 28.8 Å². The van der Waals surface area contributed by atoms with Gasteiger partial charge in [0.1, 0.15) is 0 Å². The SMILES string of the molecule is Cl.O=C(NCC1CNC1)c1cn(Cc2cccs2)nn1. The molecule has 0 atom stereocenters. The molecule has 2 aromatic heterocycles. The number of nitrogens with one attached hydrogen (secondary N) is 2. The number of thiophene rings is 1. The largest absolute Gasteiger partial charge is 0.350 e. The van der Waals surface area contributed by atoms with Gasteiger partial charge in [0, 0.05) is 30.4 Å². The molecule has 0 radical (unpaired) electrons. The molecule has 0 saturated carbocycles. The lowest BCUT2D eigenvalue weighted by molar-refractivity contribution is 0.0937. The number of carbonyl (C=O) groups excluding carboxylic acids is 1. The van der Waals surface area contributed by atoms with Gasteiger partial charge in [0.05, 0.1) is 12.7 Å². The number of nitrogens with zero attached hydrogens (tertiary/aromatic N) is 3. The highest BCUT2D eigenvalue weighted by atomic mass is 35.5. The van der Waals surface area contributed by atoms with Gasteiger partial charge >= 0.3 is 0 Å². The molecule has 3 heterocycles. The van der Waals surface area contributed by atoms with E-state index in [1.165, 1.54) is 4.88 Å². The van der Waals surface area contributed by atoms with Crippen molar-refractivity contribution in [1.82, 2.24) is 25.6 Å². The molecular weight excluding hydrogens is 298 g/mol. The molecule has 8 heteroatoms. The lowest BCUT2D eigenvalue weighted by Crippen LogP contribution is -2.48. The van der Waals surface area contributed by atoms with Crippen LogP contribution in [-0.2, 0) is 6.54 Å². The van der Waals surface area contributed by atoms with Gasteiger partial charge in [0.25, 0.3) is 5.91 Å². The molecule has 2 aromatic rings. The average molecular weight is 314 g/mol. The quantitative estimate of drug-likeness (QED) is 0.855. The number of amides is 1. The van der Waals surface area contributed by atoms with Crippen LogP contribution in [0.4, 0.5) is 0 Å². The minimum atomic E-state index is -0.149. The Morgan fingerprint density at radius 3 is 3.05 bits per heavy atom. The van der Waals surface area contributed by atoms with E-state index in [2.05, 4.69) is 20.9 Å². The molecule has 0 aliphatic carbocycles. The number of hydrogen-bond donors (Lipinski definition) is 2. The number of carbonyl (C=O) groups is 1. The van der Waals surface area contributed by atoms with Crippen molar-refractivity contribution in [3.63, 3.8) is 0 Å². The molecule has 6 nitrogen and oxygen atoms in total. The third-order valence-corrected chi connectivity index (χ3v) is 3.95. The highest BCUT2D eigenvalue weighted by Crippen LogP contribution is 2.10. The fraction of sp³-hybridized carbons (Fsp3) is 0.417. The smallest absolute Gasteiger partial charge is 0.273 e. The van der Waals surface area contributed by atoms with E-state index < -0.39 is 0 Å². The zero-order valence-corrected chi connectivity index (χ0v) is 12.4. The summed E-state index contributed by atoms with van der Waals surface area (Å²) in [4.78, 5) is 13.1. The summed E-state index contributed by atoms with van der Waals surface area (Å²) in [6, 6.07) is 4.03. The van der Waals surface area contributed by atoms with Gasteiger partial charge in [-0.25, -0.2) is 4.68 Å². The number of rotatable bonds is 5. The zero-order chi connectivity index (χ0) is 13.1. The Labute approximate surface area is 127 Å². The fourth-order valence-electron chi connectivity index (χ4n) is 1.86. The summed E-state index contributed by atoms with van der Waals surface area (Å²) in [6.45, 7) is 3.31. The van der Waals surface area contributed by atoms with Crippen LogP contribution in [-0.4, -0.2) is 40.5 Å². The van der Waals surface area contributed by atoms with Crippen molar-refractivity contribution in [3.8, 4) is 0 Å². The first-order chi connectivity index (χ1) is 9.31. The van der Waals surface area contributed by atoms with Gasteiger partial charge in [-0.05, 0) is 11.4 Å². The van der Waals surface area contributed by atoms with E-state index in [0.717, 1.165) is 13.1 Å². The third kappa shape index (κ3) is 3.56. The van der Waals surface area contributed by atoms with E-state index in [9.17, 15) is 4.79 Å². The van der Waals surface area contributed by atoms with Crippen LogP contribution in [0.3, 0.4) is 0 Å². The molecule has 2 N–H and O–H groups in total. The molecule has 3 rings (SSSR count). The van der Waals surface area contributed by atoms with Crippen molar-refractivity contribution >= 4 is 29.7 Å². The average Bonchev–Trinajstić information content (AvgIpc) is 2.99. The van der Waals surface area contributed by atoms with Crippen molar-refractivity contribution < 1.29 is 4.79 Å². The summed E-state index contributed by atoms with van der Waals surface area (Å²) in [7, 11) is 0. The van der Waals surface area contributed by atoms with Gasteiger partial charge in [-0.3, -0.25) is 4.79 Å². The van der Waals surface area contributed by atoms with Gasteiger partial charge < -0.3 is 10.6 Å². The monoisotopic (exact) mass is 313 g/mol. The standard InChI is InChI=1S/C12H15N5OS.ClH/c18-12(14-6-9-4-13-5-9)11-8-17(16-15-11)7-10-2-1-3-19-10;/h1-3,8-9,13H,4-7H2,(H,14,18);1H. The minimum absolute atomic E-state index is 0. The molecule has 0 bridgehead atoms. The molecule has 0 spiro atoms. The Hall–Kier alpha value is -1.44. The molecule has 0 unspecified atom stereocenters.